The van der Waals surface area contributed by atoms with Crippen molar-refractivity contribution in [3.8, 4) is 0 Å². The summed E-state index contributed by atoms with van der Waals surface area (Å²) in [4.78, 5) is 12.6. The molecule has 2 aliphatic rings. The van der Waals surface area contributed by atoms with Crippen molar-refractivity contribution in [2.75, 3.05) is 0 Å². The number of allylic oxidation sites excluding steroid dienone is 2. The summed E-state index contributed by atoms with van der Waals surface area (Å²) in [7, 11) is 0. The van der Waals surface area contributed by atoms with Crippen molar-refractivity contribution >= 4 is 5.78 Å². The van der Waals surface area contributed by atoms with Gasteiger partial charge in [0.2, 0.25) is 5.78 Å². The average molecular weight is 292 g/mol. The fourth-order valence-corrected chi connectivity index (χ4v) is 3.47. The van der Waals surface area contributed by atoms with Gasteiger partial charge in [0.05, 0.1) is 0 Å². The number of Topliss-reactive ketones (excluding diaryl/α,β-unsaturated/α-hetero) is 1. The quantitative estimate of drug-likeness (QED) is 0.823. The Morgan fingerprint density at radius 1 is 1.33 bits per heavy atom. The van der Waals surface area contributed by atoms with Gasteiger partial charge in [-0.1, -0.05) is 52.0 Å². The molecule has 2 rings (SSSR count). The first kappa shape index (κ1) is 16.3. The summed E-state index contributed by atoms with van der Waals surface area (Å²) in [5.41, 5.74) is 1.75. The first-order valence-electron chi connectivity index (χ1n) is 8.40. The summed E-state index contributed by atoms with van der Waals surface area (Å²) < 4.78 is 5.73. The maximum absolute atomic E-state index is 12.6. The van der Waals surface area contributed by atoms with Crippen molar-refractivity contribution in [3.63, 3.8) is 0 Å². The summed E-state index contributed by atoms with van der Waals surface area (Å²) in [5, 5.41) is 10.4. The Balaban J connectivity index is 2.28. The Morgan fingerprint density at radius 2 is 2.00 bits per heavy atom. The SMILES string of the molecule is C/C=C(\CC)C1=C(CC2CCCCC2)C(=O)C(O)(CC)O1. The molecular weight excluding hydrogens is 264 g/mol. The highest BCUT2D eigenvalue weighted by atomic mass is 16.6. The van der Waals surface area contributed by atoms with Crippen molar-refractivity contribution in [3.05, 3.63) is 23.0 Å². The lowest BCUT2D eigenvalue weighted by molar-refractivity contribution is -0.177. The van der Waals surface area contributed by atoms with Gasteiger partial charge in [-0.05, 0) is 31.3 Å². The number of hydrogen-bond acceptors (Lipinski definition) is 3. The Bertz CT molecular complexity index is 455. The second kappa shape index (κ2) is 6.78. The first-order valence-corrected chi connectivity index (χ1v) is 8.40. The summed E-state index contributed by atoms with van der Waals surface area (Å²) in [6.07, 6.45) is 10.0. The molecule has 1 aliphatic carbocycles. The van der Waals surface area contributed by atoms with Gasteiger partial charge in [0.1, 0.15) is 5.76 Å². The standard InChI is InChI=1S/C18H28O3/c1-4-14(5-2)16-15(12-13-10-8-7-9-11-13)17(19)18(20,6-3)21-16/h4,13,20H,5-12H2,1-3H3/b14-4+. The van der Waals surface area contributed by atoms with Gasteiger partial charge in [-0.2, -0.15) is 0 Å². The van der Waals surface area contributed by atoms with Crippen LogP contribution in [0.4, 0.5) is 0 Å². The Hall–Kier alpha value is -1.09. The average Bonchev–Trinajstić information content (AvgIpc) is 2.76. The maximum atomic E-state index is 12.6. The molecule has 0 aromatic carbocycles. The molecule has 0 saturated heterocycles. The van der Waals surface area contributed by atoms with Crippen LogP contribution >= 0.6 is 0 Å². The molecule has 1 aliphatic heterocycles. The molecule has 0 aromatic heterocycles. The third kappa shape index (κ3) is 3.23. The lowest BCUT2D eigenvalue weighted by Crippen LogP contribution is -2.36. The van der Waals surface area contributed by atoms with E-state index >= 15 is 0 Å². The van der Waals surface area contributed by atoms with E-state index in [9.17, 15) is 9.90 Å². The molecule has 0 aromatic rings. The van der Waals surface area contributed by atoms with Crippen molar-refractivity contribution in [2.45, 2.75) is 77.9 Å². The van der Waals surface area contributed by atoms with E-state index in [1.54, 1.807) is 6.92 Å². The summed E-state index contributed by atoms with van der Waals surface area (Å²) in [5.74, 6) is -0.633. The molecule has 0 radical (unpaired) electrons. The molecular formula is C18H28O3. The smallest absolute Gasteiger partial charge is 0.272 e. The molecule has 1 unspecified atom stereocenters. The molecule has 0 bridgehead atoms. The van der Waals surface area contributed by atoms with Crippen LogP contribution in [0.1, 0.15) is 72.1 Å². The molecule has 1 atom stereocenters. The van der Waals surface area contributed by atoms with E-state index in [1.807, 2.05) is 13.0 Å². The molecule has 1 fully saturated rings. The minimum Gasteiger partial charge on any atom is -0.454 e. The maximum Gasteiger partial charge on any atom is 0.272 e. The highest BCUT2D eigenvalue weighted by Crippen LogP contribution is 2.40. The lowest BCUT2D eigenvalue weighted by Gasteiger charge is -2.22. The normalized spacial score (nSPS) is 28.2. The van der Waals surface area contributed by atoms with Gasteiger partial charge >= 0.3 is 0 Å². The van der Waals surface area contributed by atoms with Gasteiger partial charge in [-0.25, -0.2) is 0 Å². The van der Waals surface area contributed by atoms with E-state index < -0.39 is 5.79 Å². The third-order valence-corrected chi connectivity index (χ3v) is 4.89. The Morgan fingerprint density at radius 3 is 2.52 bits per heavy atom. The van der Waals surface area contributed by atoms with Crippen molar-refractivity contribution < 1.29 is 14.6 Å². The van der Waals surface area contributed by atoms with Gasteiger partial charge in [0.15, 0.2) is 0 Å². The number of aliphatic hydroxyl groups is 1. The third-order valence-electron chi connectivity index (χ3n) is 4.89. The zero-order valence-corrected chi connectivity index (χ0v) is 13.6. The highest BCUT2D eigenvalue weighted by Gasteiger charge is 2.47. The van der Waals surface area contributed by atoms with Crippen LogP contribution in [-0.2, 0) is 9.53 Å². The van der Waals surface area contributed by atoms with E-state index in [0.717, 1.165) is 24.0 Å². The van der Waals surface area contributed by atoms with Gasteiger partial charge in [-0.3, -0.25) is 4.79 Å². The van der Waals surface area contributed by atoms with Gasteiger partial charge in [-0.15, -0.1) is 0 Å². The number of rotatable bonds is 5. The molecule has 3 nitrogen and oxygen atoms in total. The minimum absolute atomic E-state index is 0.210. The van der Waals surface area contributed by atoms with E-state index in [0.29, 0.717) is 18.1 Å². The number of ketones is 1. The lowest BCUT2D eigenvalue weighted by atomic mass is 9.82. The van der Waals surface area contributed by atoms with E-state index in [1.165, 1.54) is 32.1 Å². The van der Waals surface area contributed by atoms with Crippen LogP contribution in [0.5, 0.6) is 0 Å². The predicted octanol–water partition coefficient (Wildman–Crippen LogP) is 4.27. The van der Waals surface area contributed by atoms with Crippen molar-refractivity contribution in [1.82, 2.24) is 0 Å². The number of hydrogen-bond donors (Lipinski definition) is 1. The zero-order chi connectivity index (χ0) is 15.5. The number of carbonyl (C=O) groups is 1. The van der Waals surface area contributed by atoms with Crippen LogP contribution in [0, 0.1) is 5.92 Å². The second-order valence-corrected chi connectivity index (χ2v) is 6.25. The van der Waals surface area contributed by atoms with Gasteiger partial charge in [0.25, 0.3) is 5.79 Å². The van der Waals surface area contributed by atoms with Crippen molar-refractivity contribution in [2.24, 2.45) is 5.92 Å². The first-order chi connectivity index (χ1) is 10.1. The molecule has 0 spiro atoms. The van der Waals surface area contributed by atoms with Crippen LogP contribution in [0.3, 0.4) is 0 Å². The molecule has 1 heterocycles. The summed E-state index contributed by atoms with van der Waals surface area (Å²) in [6, 6.07) is 0. The molecule has 21 heavy (non-hydrogen) atoms. The minimum atomic E-state index is -1.64. The van der Waals surface area contributed by atoms with E-state index in [4.69, 9.17) is 4.74 Å². The van der Waals surface area contributed by atoms with Crippen LogP contribution < -0.4 is 0 Å². The van der Waals surface area contributed by atoms with Gasteiger partial charge in [0, 0.05) is 12.0 Å². The van der Waals surface area contributed by atoms with Crippen LogP contribution in [-0.4, -0.2) is 16.7 Å². The van der Waals surface area contributed by atoms with Crippen LogP contribution in [0.2, 0.25) is 0 Å². The molecule has 0 amide bonds. The van der Waals surface area contributed by atoms with Crippen LogP contribution in [0.15, 0.2) is 23.0 Å². The fourth-order valence-electron chi connectivity index (χ4n) is 3.47. The predicted molar refractivity (Wildman–Crippen MR) is 83.6 cm³/mol. The zero-order valence-electron chi connectivity index (χ0n) is 13.6. The largest absolute Gasteiger partial charge is 0.454 e. The number of carbonyl (C=O) groups excluding carboxylic acids is 1. The Kier molecular flexibility index (Phi) is 5.26. The highest BCUT2D eigenvalue weighted by molar-refractivity contribution is 6.03. The van der Waals surface area contributed by atoms with E-state index in [2.05, 4.69) is 6.92 Å². The topological polar surface area (TPSA) is 46.5 Å². The molecule has 118 valence electrons. The number of ether oxygens (including phenoxy) is 1. The summed E-state index contributed by atoms with van der Waals surface area (Å²) in [6.45, 7) is 5.80. The van der Waals surface area contributed by atoms with E-state index in [-0.39, 0.29) is 5.78 Å². The fraction of sp³-hybridized carbons (Fsp3) is 0.722. The van der Waals surface area contributed by atoms with Gasteiger partial charge < -0.3 is 9.84 Å². The van der Waals surface area contributed by atoms with Crippen LogP contribution in [0.25, 0.3) is 0 Å². The monoisotopic (exact) mass is 292 g/mol. The molecule has 1 N–H and O–H groups in total. The molecule has 3 heteroatoms. The Labute approximate surface area is 128 Å². The molecule has 1 saturated carbocycles. The summed E-state index contributed by atoms with van der Waals surface area (Å²) >= 11 is 0. The second-order valence-electron chi connectivity index (χ2n) is 6.25. The van der Waals surface area contributed by atoms with Crippen molar-refractivity contribution in [1.29, 1.82) is 0 Å².